The molecule has 6 rings (SSSR count). The maximum atomic E-state index is 14.8. The monoisotopic (exact) mass is 628 g/mol. The van der Waals surface area contributed by atoms with E-state index in [9.17, 15) is 19.5 Å². The number of hydrogen-bond donors (Lipinski definition) is 1. The highest BCUT2D eigenvalue weighted by atomic mass is 32.2. The summed E-state index contributed by atoms with van der Waals surface area (Å²) in [7, 11) is 0. The van der Waals surface area contributed by atoms with Crippen LogP contribution in [0.2, 0.25) is 0 Å². The van der Waals surface area contributed by atoms with Gasteiger partial charge in [-0.05, 0) is 63.4 Å². The molecule has 0 aromatic heterocycles. The fraction of sp³-hybridized carbons (Fsp3) is 0.472. The van der Waals surface area contributed by atoms with Gasteiger partial charge in [-0.25, -0.2) is 0 Å². The minimum Gasteiger partial charge on any atom is -0.396 e. The number of carbonyl (C=O) groups is 3. The number of rotatable bonds is 10. The van der Waals surface area contributed by atoms with Crippen molar-refractivity contribution in [3.63, 3.8) is 0 Å². The zero-order valence-electron chi connectivity index (χ0n) is 26.5. The Bertz CT molecular complexity index is 1480. The summed E-state index contributed by atoms with van der Waals surface area (Å²) in [6.07, 6.45) is 9.36. The third kappa shape index (κ3) is 5.37. The molecule has 5 atom stereocenters. The molecule has 0 aliphatic carbocycles. The van der Waals surface area contributed by atoms with Crippen molar-refractivity contribution in [3.8, 4) is 0 Å². The quantitative estimate of drug-likeness (QED) is 0.308. The number of benzene rings is 2. The molecule has 9 heteroatoms. The summed E-state index contributed by atoms with van der Waals surface area (Å²) in [6, 6.07) is 17.3. The molecule has 2 aromatic carbocycles. The van der Waals surface area contributed by atoms with Crippen LogP contribution in [-0.2, 0) is 20.9 Å². The summed E-state index contributed by atoms with van der Waals surface area (Å²) in [5.74, 6) is -1.59. The fourth-order valence-corrected chi connectivity index (χ4v) is 9.97. The van der Waals surface area contributed by atoms with Gasteiger partial charge in [-0.15, -0.1) is 11.8 Å². The first-order chi connectivity index (χ1) is 21.8. The standard InChI is InChI=1S/C36H44N4O4S/c1-4-37(5-2)27-15-17-28(18-16-27)39-23-12-20-36-30(33(43)40(22-9-10-24-41)31(36)34(39)44)29-32(42)38(21-11-19-35(29,3)45-36)25-26-13-7-6-8-14-26/h6-8,11-20,29-31,41H,4-5,9-10,21-25H2,1-3H3/t29-,30-,31?,35+,36-/m0/s1. The van der Waals surface area contributed by atoms with Crippen molar-refractivity contribution in [1.82, 2.24) is 9.80 Å². The predicted molar refractivity (Wildman–Crippen MR) is 180 cm³/mol. The van der Waals surface area contributed by atoms with Crippen LogP contribution in [0.15, 0.2) is 78.9 Å². The number of thioether (sulfide) groups is 1. The smallest absolute Gasteiger partial charge is 0.251 e. The van der Waals surface area contributed by atoms with Gasteiger partial charge < -0.3 is 24.7 Å². The molecule has 0 bridgehead atoms. The first kappa shape index (κ1) is 31.4. The molecule has 1 unspecified atom stereocenters. The molecule has 0 saturated carbocycles. The van der Waals surface area contributed by atoms with E-state index in [0.29, 0.717) is 39.0 Å². The molecule has 4 aliphatic rings. The van der Waals surface area contributed by atoms with Crippen LogP contribution >= 0.6 is 11.8 Å². The normalized spacial score (nSPS) is 29.0. The number of hydrogen-bond acceptors (Lipinski definition) is 6. The lowest BCUT2D eigenvalue weighted by atomic mass is 9.74. The number of aliphatic hydroxyl groups excluding tert-OH is 1. The van der Waals surface area contributed by atoms with E-state index >= 15 is 0 Å². The lowest BCUT2D eigenvalue weighted by Crippen LogP contribution is -2.53. The molecule has 2 fully saturated rings. The first-order valence-corrected chi connectivity index (χ1v) is 17.1. The van der Waals surface area contributed by atoms with Gasteiger partial charge in [-0.2, -0.15) is 0 Å². The fourth-order valence-electron chi connectivity index (χ4n) is 7.82. The predicted octanol–water partition coefficient (Wildman–Crippen LogP) is 4.49. The van der Waals surface area contributed by atoms with Crippen LogP contribution < -0.4 is 9.80 Å². The SMILES string of the molecule is CCN(CC)c1ccc(N2CC=C[C@]34S[C@]5(C)C=CCN(Cc6ccccc6)C(=O)[C@@H]5[C@H]3C(=O)N(CCCCO)C4C2=O)cc1. The van der Waals surface area contributed by atoms with Crippen molar-refractivity contribution in [2.24, 2.45) is 11.8 Å². The van der Waals surface area contributed by atoms with Gasteiger partial charge in [0.15, 0.2) is 0 Å². The van der Waals surface area contributed by atoms with Crippen molar-refractivity contribution in [2.45, 2.75) is 55.7 Å². The molecule has 2 aromatic rings. The highest BCUT2D eigenvalue weighted by Gasteiger charge is 2.73. The number of nitrogens with zero attached hydrogens (tertiary/aromatic N) is 4. The second-order valence-electron chi connectivity index (χ2n) is 12.6. The maximum Gasteiger partial charge on any atom is 0.251 e. The van der Waals surface area contributed by atoms with E-state index in [2.05, 4.69) is 56.0 Å². The Morgan fingerprint density at radius 2 is 1.58 bits per heavy atom. The number of carbonyl (C=O) groups excluding carboxylic acids is 3. The Hall–Kier alpha value is -3.56. The molecule has 0 radical (unpaired) electrons. The molecule has 238 valence electrons. The van der Waals surface area contributed by atoms with Crippen molar-refractivity contribution < 1.29 is 19.5 Å². The van der Waals surface area contributed by atoms with Gasteiger partial charge >= 0.3 is 0 Å². The van der Waals surface area contributed by atoms with E-state index in [1.165, 1.54) is 0 Å². The minimum atomic E-state index is -0.890. The van der Waals surface area contributed by atoms with E-state index in [1.807, 2.05) is 53.4 Å². The Labute approximate surface area is 270 Å². The number of likely N-dealkylation sites (tertiary alicyclic amines) is 1. The number of amides is 3. The molecule has 1 spiro atoms. The van der Waals surface area contributed by atoms with E-state index in [0.717, 1.165) is 30.0 Å². The Kier molecular flexibility index (Phi) is 8.85. The summed E-state index contributed by atoms with van der Waals surface area (Å²) >= 11 is 1.61. The number of unbranched alkanes of at least 4 members (excludes halogenated alkanes) is 1. The van der Waals surface area contributed by atoms with Gasteiger partial charge in [-0.1, -0.05) is 54.6 Å². The summed E-state index contributed by atoms with van der Waals surface area (Å²) in [5, 5.41) is 9.53. The number of aliphatic hydroxyl groups is 1. The van der Waals surface area contributed by atoms with Crippen LogP contribution in [0.4, 0.5) is 11.4 Å². The Morgan fingerprint density at radius 1 is 0.867 bits per heavy atom. The van der Waals surface area contributed by atoms with Gasteiger partial charge in [0.25, 0.3) is 5.91 Å². The van der Waals surface area contributed by atoms with Crippen LogP contribution in [0, 0.1) is 11.8 Å². The Morgan fingerprint density at radius 3 is 2.27 bits per heavy atom. The molecule has 1 N–H and O–H groups in total. The third-order valence-electron chi connectivity index (χ3n) is 9.95. The van der Waals surface area contributed by atoms with E-state index in [1.54, 1.807) is 21.6 Å². The molecule has 8 nitrogen and oxygen atoms in total. The van der Waals surface area contributed by atoms with Crippen LogP contribution in [-0.4, -0.2) is 87.5 Å². The second-order valence-corrected chi connectivity index (χ2v) is 14.4. The highest BCUT2D eigenvalue weighted by Crippen LogP contribution is 2.65. The molecule has 2 saturated heterocycles. The maximum absolute atomic E-state index is 14.8. The van der Waals surface area contributed by atoms with E-state index in [4.69, 9.17) is 0 Å². The Balaban J connectivity index is 1.38. The summed E-state index contributed by atoms with van der Waals surface area (Å²) in [4.78, 5) is 51.5. The van der Waals surface area contributed by atoms with Gasteiger partial charge in [0.1, 0.15) is 6.04 Å². The number of fused-ring (bicyclic) bond motifs is 2. The molecule has 3 amide bonds. The van der Waals surface area contributed by atoms with Gasteiger partial charge in [0.2, 0.25) is 11.8 Å². The van der Waals surface area contributed by atoms with Gasteiger partial charge in [0, 0.05) is 62.0 Å². The van der Waals surface area contributed by atoms with Crippen LogP contribution in [0.1, 0.15) is 39.2 Å². The minimum absolute atomic E-state index is 0.0211. The van der Waals surface area contributed by atoms with E-state index < -0.39 is 27.4 Å². The summed E-state index contributed by atoms with van der Waals surface area (Å²) in [6.45, 7) is 9.80. The average molecular weight is 629 g/mol. The largest absolute Gasteiger partial charge is 0.396 e. The topological polar surface area (TPSA) is 84.4 Å². The highest BCUT2D eigenvalue weighted by molar-refractivity contribution is 8.02. The van der Waals surface area contributed by atoms with Crippen LogP contribution in [0.3, 0.4) is 0 Å². The van der Waals surface area contributed by atoms with Crippen molar-refractivity contribution in [1.29, 1.82) is 0 Å². The first-order valence-electron chi connectivity index (χ1n) is 16.2. The molecule has 4 aliphatic heterocycles. The molecule has 4 heterocycles. The zero-order valence-corrected chi connectivity index (χ0v) is 27.3. The van der Waals surface area contributed by atoms with Gasteiger partial charge in [-0.3, -0.25) is 14.4 Å². The number of anilines is 2. The summed E-state index contributed by atoms with van der Waals surface area (Å²) < 4.78 is -1.54. The third-order valence-corrected chi connectivity index (χ3v) is 11.8. The van der Waals surface area contributed by atoms with Crippen LogP contribution in [0.5, 0.6) is 0 Å². The average Bonchev–Trinajstić information content (AvgIpc) is 3.31. The van der Waals surface area contributed by atoms with Crippen LogP contribution in [0.25, 0.3) is 0 Å². The molecular weight excluding hydrogens is 584 g/mol. The lowest BCUT2D eigenvalue weighted by Gasteiger charge is -2.37. The van der Waals surface area contributed by atoms with Crippen molar-refractivity contribution in [2.75, 3.05) is 49.1 Å². The van der Waals surface area contributed by atoms with Crippen molar-refractivity contribution >= 4 is 40.9 Å². The van der Waals surface area contributed by atoms with Gasteiger partial charge in [0.05, 0.1) is 16.6 Å². The van der Waals surface area contributed by atoms with E-state index in [-0.39, 0.29) is 24.3 Å². The zero-order chi connectivity index (χ0) is 31.8. The van der Waals surface area contributed by atoms with Crippen molar-refractivity contribution in [3.05, 3.63) is 84.5 Å². The second kappa shape index (κ2) is 12.7. The lowest BCUT2D eigenvalue weighted by molar-refractivity contribution is -0.144. The molecular formula is C36H44N4O4S. The summed E-state index contributed by atoms with van der Waals surface area (Å²) in [5.41, 5.74) is 2.93. The molecule has 45 heavy (non-hydrogen) atoms.